The van der Waals surface area contributed by atoms with Crippen LogP contribution in [0, 0.1) is 17.7 Å². The maximum atomic E-state index is 13.5. The molecule has 17 heavy (non-hydrogen) atoms. The zero-order valence-corrected chi connectivity index (χ0v) is 10.7. The molecule has 1 aliphatic carbocycles. The first-order valence-electron chi connectivity index (χ1n) is 6.63. The summed E-state index contributed by atoms with van der Waals surface area (Å²) < 4.78 is 13.5. The molecule has 0 amide bonds. The Kier molecular flexibility index (Phi) is 4.16. The minimum absolute atomic E-state index is 0.100. The number of hydrogen-bond donors (Lipinski definition) is 1. The van der Waals surface area contributed by atoms with Crippen LogP contribution in [0.4, 0.5) is 4.39 Å². The highest BCUT2D eigenvalue weighted by Gasteiger charge is 2.24. The Morgan fingerprint density at radius 1 is 1.24 bits per heavy atom. The molecule has 94 valence electrons. The zero-order chi connectivity index (χ0) is 12.3. The van der Waals surface area contributed by atoms with E-state index in [1.54, 1.807) is 6.07 Å². The van der Waals surface area contributed by atoms with Crippen molar-refractivity contribution in [1.29, 1.82) is 0 Å². The molecule has 1 N–H and O–H groups in total. The Labute approximate surface area is 103 Å². The van der Waals surface area contributed by atoms with Crippen molar-refractivity contribution in [2.24, 2.45) is 11.8 Å². The van der Waals surface area contributed by atoms with E-state index < -0.39 is 0 Å². The maximum Gasteiger partial charge on any atom is 0.127 e. The van der Waals surface area contributed by atoms with Gasteiger partial charge in [0.2, 0.25) is 0 Å². The van der Waals surface area contributed by atoms with Crippen molar-refractivity contribution in [3.8, 4) is 0 Å². The predicted octanol–water partition coefficient (Wildman–Crippen LogP) is 3.74. The number of benzene rings is 1. The summed E-state index contributed by atoms with van der Waals surface area (Å²) >= 11 is 0. The second-order valence-electron chi connectivity index (χ2n) is 5.47. The average Bonchev–Trinajstić information content (AvgIpc) is 2.30. The maximum absolute atomic E-state index is 13.5. The van der Waals surface area contributed by atoms with Gasteiger partial charge >= 0.3 is 0 Å². The molecule has 1 saturated carbocycles. The summed E-state index contributed by atoms with van der Waals surface area (Å²) in [7, 11) is 0. The van der Waals surface area contributed by atoms with Gasteiger partial charge in [-0.15, -0.1) is 0 Å². The Morgan fingerprint density at radius 3 is 2.71 bits per heavy atom. The Bertz CT molecular complexity index is 364. The lowest BCUT2D eigenvalue weighted by molar-refractivity contribution is 0.226. The topological polar surface area (TPSA) is 12.0 Å². The first-order chi connectivity index (χ1) is 8.16. The molecule has 0 saturated heterocycles. The zero-order valence-electron chi connectivity index (χ0n) is 10.7. The van der Waals surface area contributed by atoms with Crippen LogP contribution in [-0.2, 0) is 6.54 Å². The van der Waals surface area contributed by atoms with Crippen molar-refractivity contribution in [2.75, 3.05) is 0 Å². The van der Waals surface area contributed by atoms with Gasteiger partial charge in [-0.25, -0.2) is 4.39 Å². The van der Waals surface area contributed by atoms with Gasteiger partial charge in [0.15, 0.2) is 0 Å². The van der Waals surface area contributed by atoms with Crippen LogP contribution < -0.4 is 5.32 Å². The van der Waals surface area contributed by atoms with E-state index in [0.717, 1.165) is 11.5 Å². The van der Waals surface area contributed by atoms with Crippen molar-refractivity contribution in [1.82, 2.24) is 5.32 Å². The van der Waals surface area contributed by atoms with E-state index in [1.807, 2.05) is 12.1 Å². The van der Waals surface area contributed by atoms with Crippen molar-refractivity contribution in [3.05, 3.63) is 35.6 Å². The van der Waals surface area contributed by atoms with Crippen molar-refractivity contribution >= 4 is 0 Å². The molecule has 0 spiro atoms. The third-order valence-corrected chi connectivity index (χ3v) is 3.94. The Hall–Kier alpha value is -0.890. The molecule has 0 heterocycles. The summed E-state index contributed by atoms with van der Waals surface area (Å²) in [6.45, 7) is 5.27. The quantitative estimate of drug-likeness (QED) is 0.841. The Balaban J connectivity index is 1.88. The van der Waals surface area contributed by atoms with E-state index in [0.29, 0.717) is 18.5 Å². The van der Waals surface area contributed by atoms with Gasteiger partial charge in [-0.2, -0.15) is 0 Å². The standard InChI is InChI=1S/C15H22FN/c1-11-7-8-15(12(2)9-11)17-10-13-5-3-4-6-14(13)16/h3-6,11-12,15,17H,7-10H2,1-2H3. The molecule has 3 unspecified atom stereocenters. The predicted molar refractivity (Wildman–Crippen MR) is 69.2 cm³/mol. The summed E-state index contributed by atoms with van der Waals surface area (Å²) in [5.74, 6) is 1.44. The molecule has 0 aromatic heterocycles. The molecular formula is C15H22FN. The van der Waals surface area contributed by atoms with Crippen LogP contribution >= 0.6 is 0 Å². The number of rotatable bonds is 3. The van der Waals surface area contributed by atoms with Crippen LogP contribution in [0.5, 0.6) is 0 Å². The smallest absolute Gasteiger partial charge is 0.127 e. The van der Waals surface area contributed by atoms with Crippen LogP contribution in [0.25, 0.3) is 0 Å². The van der Waals surface area contributed by atoms with E-state index in [1.165, 1.54) is 25.3 Å². The van der Waals surface area contributed by atoms with E-state index >= 15 is 0 Å². The molecule has 2 rings (SSSR count). The SMILES string of the molecule is CC1CCC(NCc2ccccc2F)C(C)C1. The van der Waals surface area contributed by atoms with Crippen LogP contribution in [-0.4, -0.2) is 6.04 Å². The molecule has 0 aliphatic heterocycles. The second-order valence-corrected chi connectivity index (χ2v) is 5.47. The first-order valence-corrected chi connectivity index (χ1v) is 6.63. The molecule has 1 aromatic rings. The third-order valence-electron chi connectivity index (χ3n) is 3.94. The van der Waals surface area contributed by atoms with Gasteiger partial charge in [-0.1, -0.05) is 32.0 Å². The molecule has 0 bridgehead atoms. The number of nitrogens with one attached hydrogen (secondary N) is 1. The monoisotopic (exact) mass is 235 g/mol. The third kappa shape index (κ3) is 3.29. The fourth-order valence-electron chi connectivity index (χ4n) is 2.85. The summed E-state index contributed by atoms with van der Waals surface area (Å²) in [4.78, 5) is 0. The molecule has 1 fully saturated rings. The van der Waals surface area contributed by atoms with Gasteiger partial charge in [-0.3, -0.25) is 0 Å². The molecule has 1 nitrogen and oxygen atoms in total. The van der Waals surface area contributed by atoms with Crippen LogP contribution in [0.1, 0.15) is 38.7 Å². The van der Waals surface area contributed by atoms with Crippen molar-refractivity contribution < 1.29 is 4.39 Å². The van der Waals surface area contributed by atoms with Crippen LogP contribution in [0.3, 0.4) is 0 Å². The highest BCUT2D eigenvalue weighted by molar-refractivity contribution is 5.17. The summed E-state index contributed by atoms with van der Waals surface area (Å²) in [6.07, 6.45) is 3.80. The van der Waals surface area contributed by atoms with Gasteiger partial charge in [0.25, 0.3) is 0 Å². The fraction of sp³-hybridized carbons (Fsp3) is 0.600. The van der Waals surface area contributed by atoms with Crippen LogP contribution in [0.2, 0.25) is 0 Å². The summed E-state index contributed by atoms with van der Waals surface area (Å²) in [5, 5.41) is 3.51. The van der Waals surface area contributed by atoms with Crippen molar-refractivity contribution in [2.45, 2.75) is 45.7 Å². The lowest BCUT2D eigenvalue weighted by atomic mass is 9.80. The van der Waals surface area contributed by atoms with E-state index in [4.69, 9.17) is 0 Å². The molecular weight excluding hydrogens is 213 g/mol. The van der Waals surface area contributed by atoms with E-state index in [2.05, 4.69) is 19.2 Å². The van der Waals surface area contributed by atoms with Gasteiger partial charge in [-0.05, 0) is 37.2 Å². The molecule has 3 atom stereocenters. The highest BCUT2D eigenvalue weighted by atomic mass is 19.1. The molecule has 2 heteroatoms. The van der Waals surface area contributed by atoms with Gasteiger partial charge in [0.1, 0.15) is 5.82 Å². The van der Waals surface area contributed by atoms with Crippen LogP contribution in [0.15, 0.2) is 24.3 Å². The highest BCUT2D eigenvalue weighted by Crippen LogP contribution is 2.28. The van der Waals surface area contributed by atoms with Gasteiger partial charge in [0, 0.05) is 18.2 Å². The minimum atomic E-state index is -0.100. The summed E-state index contributed by atoms with van der Waals surface area (Å²) in [5.41, 5.74) is 0.776. The molecule has 1 aromatic carbocycles. The second kappa shape index (κ2) is 5.63. The largest absolute Gasteiger partial charge is 0.310 e. The summed E-state index contributed by atoms with van der Waals surface area (Å²) in [6, 6.07) is 7.57. The fourth-order valence-corrected chi connectivity index (χ4v) is 2.85. The minimum Gasteiger partial charge on any atom is -0.310 e. The lowest BCUT2D eigenvalue weighted by Crippen LogP contribution is -2.38. The Morgan fingerprint density at radius 2 is 2.00 bits per heavy atom. The van der Waals surface area contributed by atoms with Crippen molar-refractivity contribution in [3.63, 3.8) is 0 Å². The number of halogens is 1. The van der Waals surface area contributed by atoms with Gasteiger partial charge < -0.3 is 5.32 Å². The van der Waals surface area contributed by atoms with E-state index in [-0.39, 0.29) is 5.82 Å². The van der Waals surface area contributed by atoms with E-state index in [9.17, 15) is 4.39 Å². The average molecular weight is 235 g/mol. The number of hydrogen-bond acceptors (Lipinski definition) is 1. The lowest BCUT2D eigenvalue weighted by Gasteiger charge is -2.33. The normalized spacial score (nSPS) is 29.2. The molecule has 0 radical (unpaired) electrons. The molecule has 1 aliphatic rings. The first kappa shape index (κ1) is 12.6. The van der Waals surface area contributed by atoms with Gasteiger partial charge in [0.05, 0.1) is 0 Å².